The van der Waals surface area contributed by atoms with Crippen LogP contribution in [0, 0.1) is 11.3 Å². The first-order chi connectivity index (χ1) is 13.5. The number of esters is 1. The number of carbonyl (C=O) groups excluding carboxylic acids is 2. The Morgan fingerprint density at radius 1 is 1.07 bits per heavy atom. The number of nitriles is 1. The summed E-state index contributed by atoms with van der Waals surface area (Å²) < 4.78 is 10.4. The molecule has 6 heteroatoms. The van der Waals surface area contributed by atoms with Crippen LogP contribution < -0.4 is 10.1 Å². The predicted octanol–water partition coefficient (Wildman–Crippen LogP) is 3.01. The SMILES string of the molecule is C[C@H](OC(=O)COc1ccc(C#N)cc1)C(=O)N[C@@H](C)CCc1ccccc1. The molecule has 0 saturated heterocycles. The molecule has 0 saturated carbocycles. The molecule has 0 radical (unpaired) electrons. The topological polar surface area (TPSA) is 88.4 Å². The minimum Gasteiger partial charge on any atom is -0.482 e. The Hall–Kier alpha value is -3.33. The van der Waals surface area contributed by atoms with E-state index < -0.39 is 12.1 Å². The molecule has 2 rings (SSSR count). The first kappa shape index (κ1) is 21.0. The van der Waals surface area contributed by atoms with Crippen LogP contribution in [-0.4, -0.2) is 30.6 Å². The van der Waals surface area contributed by atoms with Crippen molar-refractivity contribution in [2.24, 2.45) is 0 Å². The Morgan fingerprint density at radius 2 is 1.75 bits per heavy atom. The molecule has 2 atom stereocenters. The number of aryl methyl sites for hydroxylation is 1. The van der Waals surface area contributed by atoms with Crippen molar-refractivity contribution in [1.29, 1.82) is 5.26 Å². The second kappa shape index (κ2) is 10.7. The summed E-state index contributed by atoms with van der Waals surface area (Å²) in [5.41, 5.74) is 1.71. The number of hydrogen-bond acceptors (Lipinski definition) is 5. The summed E-state index contributed by atoms with van der Waals surface area (Å²) in [7, 11) is 0. The van der Waals surface area contributed by atoms with Crippen LogP contribution in [0.25, 0.3) is 0 Å². The van der Waals surface area contributed by atoms with Gasteiger partial charge in [0.1, 0.15) is 5.75 Å². The van der Waals surface area contributed by atoms with Crippen molar-refractivity contribution in [1.82, 2.24) is 5.32 Å². The van der Waals surface area contributed by atoms with Gasteiger partial charge in [0.05, 0.1) is 11.6 Å². The average Bonchev–Trinajstić information content (AvgIpc) is 2.71. The highest BCUT2D eigenvalue weighted by molar-refractivity contribution is 5.83. The van der Waals surface area contributed by atoms with Crippen LogP contribution in [0.1, 0.15) is 31.4 Å². The van der Waals surface area contributed by atoms with Crippen LogP contribution in [0.15, 0.2) is 54.6 Å². The number of hydrogen-bond donors (Lipinski definition) is 1. The Labute approximate surface area is 165 Å². The third-order valence-electron chi connectivity index (χ3n) is 4.12. The van der Waals surface area contributed by atoms with Crippen molar-refractivity contribution in [2.45, 2.75) is 38.8 Å². The van der Waals surface area contributed by atoms with Crippen molar-refractivity contribution in [3.8, 4) is 11.8 Å². The van der Waals surface area contributed by atoms with Crippen molar-refractivity contribution >= 4 is 11.9 Å². The molecule has 0 heterocycles. The zero-order valence-electron chi connectivity index (χ0n) is 16.1. The number of benzene rings is 2. The average molecular weight is 380 g/mol. The van der Waals surface area contributed by atoms with Gasteiger partial charge in [0.15, 0.2) is 12.7 Å². The molecule has 0 aliphatic rings. The van der Waals surface area contributed by atoms with Gasteiger partial charge in [0, 0.05) is 6.04 Å². The van der Waals surface area contributed by atoms with Crippen LogP contribution in [0.2, 0.25) is 0 Å². The van der Waals surface area contributed by atoms with Crippen molar-refractivity contribution in [3.63, 3.8) is 0 Å². The third kappa shape index (κ3) is 7.12. The number of rotatable bonds is 9. The third-order valence-corrected chi connectivity index (χ3v) is 4.12. The molecule has 28 heavy (non-hydrogen) atoms. The lowest BCUT2D eigenvalue weighted by Crippen LogP contribution is -2.41. The van der Waals surface area contributed by atoms with Crippen molar-refractivity contribution in [2.75, 3.05) is 6.61 Å². The van der Waals surface area contributed by atoms with Crippen LogP contribution in [0.3, 0.4) is 0 Å². The van der Waals surface area contributed by atoms with E-state index in [1.807, 2.05) is 43.3 Å². The predicted molar refractivity (Wildman–Crippen MR) is 105 cm³/mol. The molecule has 0 aliphatic heterocycles. The lowest BCUT2D eigenvalue weighted by Gasteiger charge is -2.18. The van der Waals surface area contributed by atoms with Gasteiger partial charge in [-0.15, -0.1) is 0 Å². The maximum atomic E-state index is 12.2. The molecule has 0 bridgehead atoms. The van der Waals surface area contributed by atoms with E-state index in [-0.39, 0.29) is 18.6 Å². The summed E-state index contributed by atoms with van der Waals surface area (Å²) in [6, 6.07) is 18.4. The summed E-state index contributed by atoms with van der Waals surface area (Å²) in [6.45, 7) is 3.13. The van der Waals surface area contributed by atoms with E-state index in [4.69, 9.17) is 14.7 Å². The van der Waals surface area contributed by atoms with Gasteiger partial charge in [0.25, 0.3) is 5.91 Å². The van der Waals surface area contributed by atoms with Crippen LogP contribution in [0.5, 0.6) is 5.75 Å². The van der Waals surface area contributed by atoms with Gasteiger partial charge in [-0.1, -0.05) is 30.3 Å². The quantitative estimate of drug-likeness (QED) is 0.676. The fourth-order valence-electron chi connectivity index (χ4n) is 2.51. The van der Waals surface area contributed by atoms with Gasteiger partial charge in [-0.25, -0.2) is 4.79 Å². The lowest BCUT2D eigenvalue weighted by molar-refractivity contribution is -0.156. The molecule has 0 aliphatic carbocycles. The first-order valence-corrected chi connectivity index (χ1v) is 9.14. The smallest absolute Gasteiger partial charge is 0.344 e. The van der Waals surface area contributed by atoms with Gasteiger partial charge in [-0.2, -0.15) is 5.26 Å². The first-order valence-electron chi connectivity index (χ1n) is 9.14. The highest BCUT2D eigenvalue weighted by atomic mass is 16.6. The van der Waals surface area contributed by atoms with Gasteiger partial charge < -0.3 is 14.8 Å². The Morgan fingerprint density at radius 3 is 2.39 bits per heavy atom. The summed E-state index contributed by atoms with van der Waals surface area (Å²) in [5.74, 6) is -0.529. The second-order valence-corrected chi connectivity index (χ2v) is 6.49. The molecule has 6 nitrogen and oxygen atoms in total. The van der Waals surface area contributed by atoms with E-state index in [0.29, 0.717) is 11.3 Å². The molecule has 0 fully saturated rings. The molecule has 1 N–H and O–H groups in total. The Kier molecular flexibility index (Phi) is 8.04. The normalized spacial score (nSPS) is 12.3. The van der Waals surface area contributed by atoms with E-state index >= 15 is 0 Å². The highest BCUT2D eigenvalue weighted by Gasteiger charge is 2.19. The second-order valence-electron chi connectivity index (χ2n) is 6.49. The zero-order chi connectivity index (χ0) is 20.4. The fraction of sp³-hybridized carbons (Fsp3) is 0.318. The summed E-state index contributed by atoms with van der Waals surface area (Å²) in [4.78, 5) is 24.1. The summed E-state index contributed by atoms with van der Waals surface area (Å²) in [5, 5.41) is 11.6. The molecule has 0 aromatic heterocycles. The number of nitrogens with one attached hydrogen (secondary N) is 1. The molecule has 2 aromatic rings. The fourth-order valence-corrected chi connectivity index (χ4v) is 2.51. The van der Waals surface area contributed by atoms with Crippen LogP contribution in [0.4, 0.5) is 0 Å². The Balaban J connectivity index is 1.69. The van der Waals surface area contributed by atoms with Crippen molar-refractivity contribution < 1.29 is 19.1 Å². The minimum absolute atomic E-state index is 0.0382. The van der Waals surface area contributed by atoms with Gasteiger partial charge in [-0.05, 0) is 56.5 Å². The highest BCUT2D eigenvalue weighted by Crippen LogP contribution is 2.11. The number of amides is 1. The van der Waals surface area contributed by atoms with E-state index in [9.17, 15) is 9.59 Å². The molecular formula is C22H24N2O4. The van der Waals surface area contributed by atoms with Gasteiger partial charge in [-0.3, -0.25) is 4.79 Å². The van der Waals surface area contributed by atoms with E-state index in [2.05, 4.69) is 5.32 Å². The molecule has 2 aromatic carbocycles. The van der Waals surface area contributed by atoms with Gasteiger partial charge >= 0.3 is 5.97 Å². The largest absolute Gasteiger partial charge is 0.482 e. The summed E-state index contributed by atoms with van der Waals surface area (Å²) >= 11 is 0. The molecule has 1 amide bonds. The molecular weight excluding hydrogens is 356 g/mol. The molecule has 0 spiro atoms. The van der Waals surface area contributed by atoms with Crippen LogP contribution in [-0.2, 0) is 20.7 Å². The minimum atomic E-state index is -0.906. The maximum Gasteiger partial charge on any atom is 0.344 e. The van der Waals surface area contributed by atoms with Gasteiger partial charge in [0.2, 0.25) is 0 Å². The van der Waals surface area contributed by atoms with E-state index in [0.717, 1.165) is 12.8 Å². The van der Waals surface area contributed by atoms with E-state index in [1.165, 1.54) is 12.5 Å². The summed E-state index contributed by atoms with van der Waals surface area (Å²) in [6.07, 6.45) is 0.740. The number of carbonyl (C=O) groups is 2. The molecule has 0 unspecified atom stereocenters. The van der Waals surface area contributed by atoms with Crippen LogP contribution >= 0.6 is 0 Å². The van der Waals surface area contributed by atoms with Crippen molar-refractivity contribution in [3.05, 3.63) is 65.7 Å². The zero-order valence-corrected chi connectivity index (χ0v) is 16.1. The standard InChI is InChI=1S/C22H24N2O4/c1-16(8-9-18-6-4-3-5-7-18)24-22(26)17(2)28-21(25)15-27-20-12-10-19(14-23)11-13-20/h3-7,10-13,16-17H,8-9,15H2,1-2H3,(H,24,26)/t16-,17-/m0/s1. The maximum absolute atomic E-state index is 12.2. The Bertz CT molecular complexity index is 813. The van der Waals surface area contributed by atoms with E-state index in [1.54, 1.807) is 24.3 Å². The number of ether oxygens (including phenoxy) is 2. The number of nitrogens with zero attached hydrogens (tertiary/aromatic N) is 1. The monoisotopic (exact) mass is 380 g/mol. The lowest BCUT2D eigenvalue weighted by atomic mass is 10.1. The molecule has 146 valence electrons.